The van der Waals surface area contributed by atoms with Crippen LogP contribution in [-0.2, 0) is 5.75 Å². The number of hydrogen-bond donors (Lipinski definition) is 0. The van der Waals surface area contributed by atoms with Crippen LogP contribution in [0.5, 0.6) is 0 Å². The smallest absolute Gasteiger partial charge is 0.123 e. The fourth-order valence-electron chi connectivity index (χ4n) is 2.52. The maximum Gasteiger partial charge on any atom is 0.123 e. The Balaban J connectivity index is 1.42. The van der Waals surface area contributed by atoms with Crippen LogP contribution in [0.2, 0.25) is 0 Å². The normalized spacial score (nSPS) is 11.0. The van der Waals surface area contributed by atoms with Crippen LogP contribution >= 0.6 is 34.4 Å². The second-order valence-electron chi connectivity index (χ2n) is 5.70. The summed E-state index contributed by atoms with van der Waals surface area (Å²) in [5.41, 5.74) is 4.13. The quantitative estimate of drug-likeness (QED) is 0.409. The molecular weight excluding hydrogens is 380 g/mol. The Hall–Kier alpha value is -2.09. The summed E-state index contributed by atoms with van der Waals surface area (Å²) in [7, 11) is 0. The van der Waals surface area contributed by atoms with Gasteiger partial charge in [0.15, 0.2) is 0 Å². The van der Waals surface area contributed by atoms with Gasteiger partial charge >= 0.3 is 0 Å². The zero-order valence-electron chi connectivity index (χ0n) is 14.3. The van der Waals surface area contributed by atoms with Crippen LogP contribution in [0.1, 0.15) is 16.4 Å². The van der Waals surface area contributed by atoms with Crippen LogP contribution in [0.4, 0.5) is 0 Å². The first-order valence-corrected chi connectivity index (χ1v) is 10.8. The van der Waals surface area contributed by atoms with E-state index in [1.54, 1.807) is 34.4 Å². The molecule has 4 nitrogen and oxygen atoms in total. The molecule has 0 N–H and O–H groups in total. The summed E-state index contributed by atoms with van der Waals surface area (Å²) in [5, 5.41) is 13.8. The molecule has 0 spiro atoms. The molecule has 0 aliphatic carbocycles. The molecule has 4 rings (SSSR count). The van der Waals surface area contributed by atoms with Crippen molar-refractivity contribution in [2.24, 2.45) is 0 Å². The number of nitrogens with zero attached hydrogens (tertiary/aromatic N) is 4. The van der Waals surface area contributed by atoms with Gasteiger partial charge in [0.05, 0.1) is 21.3 Å². The highest BCUT2D eigenvalue weighted by Gasteiger charge is 2.10. The summed E-state index contributed by atoms with van der Waals surface area (Å²) in [6.45, 7) is 4.02. The highest BCUT2D eigenvalue weighted by Crippen LogP contribution is 2.30. The molecule has 0 amide bonds. The van der Waals surface area contributed by atoms with Crippen molar-refractivity contribution in [2.75, 3.05) is 0 Å². The Labute approximate surface area is 164 Å². The van der Waals surface area contributed by atoms with Gasteiger partial charge in [0, 0.05) is 16.7 Å². The zero-order chi connectivity index (χ0) is 17.9. The molecule has 0 radical (unpaired) electrons. The lowest BCUT2D eigenvalue weighted by Crippen LogP contribution is -1.90. The van der Waals surface area contributed by atoms with Crippen molar-refractivity contribution in [1.29, 1.82) is 0 Å². The molecule has 1 aromatic carbocycles. The number of hydrogen-bond acceptors (Lipinski definition) is 7. The van der Waals surface area contributed by atoms with Gasteiger partial charge in [-0.3, -0.25) is 0 Å². The van der Waals surface area contributed by atoms with E-state index in [0.717, 1.165) is 48.3 Å². The van der Waals surface area contributed by atoms with Gasteiger partial charge in [0.25, 0.3) is 0 Å². The number of aromatic nitrogens is 4. The van der Waals surface area contributed by atoms with Gasteiger partial charge in [-0.05, 0) is 26.0 Å². The minimum atomic E-state index is 0.788. The van der Waals surface area contributed by atoms with E-state index in [4.69, 9.17) is 4.98 Å². The van der Waals surface area contributed by atoms with Crippen LogP contribution in [0.3, 0.4) is 0 Å². The summed E-state index contributed by atoms with van der Waals surface area (Å²) in [6.07, 6.45) is 0. The topological polar surface area (TPSA) is 51.6 Å². The molecule has 7 heteroatoms. The molecule has 0 unspecified atom stereocenters. The van der Waals surface area contributed by atoms with Crippen molar-refractivity contribution < 1.29 is 0 Å². The van der Waals surface area contributed by atoms with Crippen LogP contribution in [0.15, 0.2) is 52.9 Å². The van der Waals surface area contributed by atoms with Gasteiger partial charge in [0.1, 0.15) is 15.7 Å². The Morgan fingerprint density at radius 1 is 0.962 bits per heavy atom. The predicted octanol–water partition coefficient (Wildman–Crippen LogP) is 5.63. The van der Waals surface area contributed by atoms with Gasteiger partial charge in [-0.2, -0.15) is 0 Å². The van der Waals surface area contributed by atoms with E-state index >= 15 is 0 Å². The first-order chi connectivity index (χ1) is 12.7. The first kappa shape index (κ1) is 17.3. The number of rotatable bonds is 5. The van der Waals surface area contributed by atoms with E-state index in [1.165, 1.54) is 0 Å². The lowest BCUT2D eigenvalue weighted by Gasteiger charge is -2.00. The van der Waals surface area contributed by atoms with E-state index < -0.39 is 0 Å². The van der Waals surface area contributed by atoms with Crippen molar-refractivity contribution in [3.8, 4) is 21.1 Å². The minimum absolute atomic E-state index is 0.788. The Morgan fingerprint density at radius 2 is 1.81 bits per heavy atom. The predicted molar refractivity (Wildman–Crippen MR) is 110 cm³/mol. The number of benzene rings is 1. The molecule has 0 fully saturated rings. The summed E-state index contributed by atoms with van der Waals surface area (Å²) in [5.74, 6) is 0.788. The van der Waals surface area contributed by atoms with E-state index in [2.05, 4.69) is 32.7 Å². The second kappa shape index (κ2) is 7.65. The zero-order valence-corrected chi connectivity index (χ0v) is 16.8. The Kier molecular flexibility index (Phi) is 5.10. The van der Waals surface area contributed by atoms with Gasteiger partial charge < -0.3 is 0 Å². The highest BCUT2D eigenvalue weighted by molar-refractivity contribution is 7.98. The maximum absolute atomic E-state index is 4.72. The highest BCUT2D eigenvalue weighted by atomic mass is 32.2. The van der Waals surface area contributed by atoms with Crippen molar-refractivity contribution in [3.63, 3.8) is 0 Å². The van der Waals surface area contributed by atoms with E-state index in [1.807, 2.05) is 44.2 Å². The largest absolute Gasteiger partial charge is 0.246 e. The molecule has 3 heterocycles. The van der Waals surface area contributed by atoms with Gasteiger partial charge in [-0.15, -0.1) is 32.9 Å². The molecule has 0 saturated carbocycles. The third-order valence-corrected chi connectivity index (χ3v) is 6.71. The average molecular weight is 397 g/mol. The fraction of sp³-hybridized carbons (Fsp3) is 0.158. The van der Waals surface area contributed by atoms with Crippen molar-refractivity contribution in [3.05, 3.63) is 64.2 Å². The molecule has 4 aromatic rings. The van der Waals surface area contributed by atoms with Gasteiger partial charge in [-0.1, -0.05) is 42.1 Å². The monoisotopic (exact) mass is 396 g/mol. The average Bonchev–Trinajstić information content (AvgIpc) is 3.27. The number of thioether (sulfide) groups is 1. The van der Waals surface area contributed by atoms with E-state index in [9.17, 15) is 0 Å². The third-order valence-electron chi connectivity index (χ3n) is 3.72. The maximum atomic E-state index is 4.72. The van der Waals surface area contributed by atoms with E-state index in [-0.39, 0.29) is 0 Å². The van der Waals surface area contributed by atoms with Crippen molar-refractivity contribution >= 4 is 34.4 Å². The molecule has 3 aromatic heterocycles. The number of aryl methyl sites for hydroxylation is 2. The summed E-state index contributed by atoms with van der Waals surface area (Å²) in [4.78, 5) is 10.3. The van der Waals surface area contributed by atoms with Gasteiger partial charge in [0.2, 0.25) is 0 Å². The summed E-state index contributed by atoms with van der Waals surface area (Å²) < 4.78 is 0. The molecule has 0 saturated heterocycles. The fourth-order valence-corrected chi connectivity index (χ4v) is 5.04. The third kappa shape index (κ3) is 3.85. The van der Waals surface area contributed by atoms with Gasteiger partial charge in [-0.25, -0.2) is 9.97 Å². The number of thiazole rings is 2. The summed E-state index contributed by atoms with van der Waals surface area (Å²) in [6, 6.07) is 14.3. The molecule has 130 valence electrons. The lowest BCUT2D eigenvalue weighted by atomic mass is 10.2. The second-order valence-corrected chi connectivity index (χ2v) is 8.76. The molecule has 0 aliphatic rings. The molecule has 0 atom stereocenters. The lowest BCUT2D eigenvalue weighted by molar-refractivity contribution is 0.935. The first-order valence-electron chi connectivity index (χ1n) is 8.10. The molecule has 26 heavy (non-hydrogen) atoms. The van der Waals surface area contributed by atoms with Crippen LogP contribution < -0.4 is 0 Å². The SMILES string of the molecule is Cc1nc(C)c(-c2ccc(SCc3csc(-c4ccccc4)n3)nn2)s1. The molecule has 0 bridgehead atoms. The molecule has 0 aliphatic heterocycles. The van der Waals surface area contributed by atoms with E-state index in [0.29, 0.717) is 0 Å². The summed E-state index contributed by atoms with van der Waals surface area (Å²) >= 11 is 4.98. The van der Waals surface area contributed by atoms with Crippen LogP contribution in [0.25, 0.3) is 21.1 Å². The van der Waals surface area contributed by atoms with Crippen LogP contribution in [0, 0.1) is 13.8 Å². The van der Waals surface area contributed by atoms with Crippen LogP contribution in [-0.4, -0.2) is 20.2 Å². The Bertz CT molecular complexity index is 1010. The Morgan fingerprint density at radius 3 is 2.50 bits per heavy atom. The minimum Gasteiger partial charge on any atom is -0.246 e. The standard InChI is InChI=1S/C19H16N4S3/c1-12-18(26-13(2)20-12)16-8-9-17(23-22-16)24-10-15-11-25-19(21-15)14-6-4-3-5-7-14/h3-9,11H,10H2,1-2H3. The van der Waals surface area contributed by atoms with Crippen molar-refractivity contribution in [2.45, 2.75) is 24.6 Å². The molecular formula is C19H16N4S3. The van der Waals surface area contributed by atoms with Crippen molar-refractivity contribution in [1.82, 2.24) is 20.2 Å².